The average molecular weight is 818 g/mol. The van der Waals surface area contributed by atoms with Gasteiger partial charge in [0.15, 0.2) is 5.88 Å². The fraction of sp³-hybridized carbons (Fsp3) is 0.156. The zero-order valence-electron chi connectivity index (χ0n) is 30.6. The number of benzene rings is 5. The zero-order valence-corrected chi connectivity index (χ0v) is 32.2. The number of aromatic hydroxyl groups is 1. The SMILES string of the molecule is CC(C)C1NC2(c3ccccc3-n3c2nc2ccccc2c3=O)[C@H]2C(=O)N(c3cccc(Br)c3)C(=O)[C@@H]12.O=C1C(c2c(O)[nH]c3ccccc23)=Nc2ccccc21. The Bertz CT molecular complexity index is 2990. The Balaban J connectivity index is 0.000000166. The van der Waals surface area contributed by atoms with Gasteiger partial charge in [0.25, 0.3) is 5.56 Å². The highest BCUT2D eigenvalue weighted by Crippen LogP contribution is 2.56. The molecule has 5 aromatic carbocycles. The summed E-state index contributed by atoms with van der Waals surface area (Å²) in [6.45, 7) is 4.10. The third-order valence-electron chi connectivity index (χ3n) is 11.6. The molecule has 1 spiro atoms. The molecule has 0 radical (unpaired) electrons. The average Bonchev–Trinajstić information content (AvgIpc) is 3.98. The Kier molecular flexibility index (Phi) is 7.83. The van der Waals surface area contributed by atoms with Crippen LogP contribution < -0.4 is 15.8 Å². The van der Waals surface area contributed by atoms with Gasteiger partial charge in [0.2, 0.25) is 17.6 Å². The van der Waals surface area contributed by atoms with Crippen LogP contribution in [0.25, 0.3) is 27.5 Å². The second-order valence-electron chi connectivity index (χ2n) is 15.0. The van der Waals surface area contributed by atoms with E-state index in [1.807, 2.05) is 91.0 Å². The number of amides is 2. The minimum Gasteiger partial charge on any atom is -0.494 e. The summed E-state index contributed by atoms with van der Waals surface area (Å²) in [6.07, 6.45) is 0. The van der Waals surface area contributed by atoms with Gasteiger partial charge < -0.3 is 10.1 Å². The lowest BCUT2D eigenvalue weighted by Crippen LogP contribution is -2.51. The summed E-state index contributed by atoms with van der Waals surface area (Å²) in [5.41, 5.74) is 4.07. The van der Waals surface area contributed by atoms with Gasteiger partial charge in [-0.2, -0.15) is 0 Å². The van der Waals surface area contributed by atoms with E-state index in [4.69, 9.17) is 4.98 Å². The highest BCUT2D eigenvalue weighted by molar-refractivity contribution is 9.10. The third-order valence-corrected chi connectivity index (χ3v) is 12.1. The van der Waals surface area contributed by atoms with Crippen molar-refractivity contribution in [3.8, 4) is 11.6 Å². The summed E-state index contributed by atoms with van der Waals surface area (Å²) < 4.78 is 2.41. The number of aromatic amines is 1. The topological polar surface area (TPSA) is 150 Å². The number of H-pyrrole nitrogens is 1. The summed E-state index contributed by atoms with van der Waals surface area (Å²) in [7, 11) is 0. The molecular formula is C45H33BrN6O5. The largest absolute Gasteiger partial charge is 0.494 e. The van der Waals surface area contributed by atoms with Gasteiger partial charge in [0.1, 0.15) is 17.1 Å². The van der Waals surface area contributed by atoms with Gasteiger partial charge in [-0.3, -0.25) is 29.1 Å². The Morgan fingerprint density at radius 2 is 1.53 bits per heavy atom. The highest BCUT2D eigenvalue weighted by atomic mass is 79.9. The third kappa shape index (κ3) is 4.93. The summed E-state index contributed by atoms with van der Waals surface area (Å²) in [5.74, 6) is -1.52. The summed E-state index contributed by atoms with van der Waals surface area (Å²) in [6, 6.07) is 36.5. The normalized spacial score (nSPS) is 21.5. The number of imide groups is 1. The Hall–Kier alpha value is -6.50. The number of para-hydroxylation sites is 4. The lowest BCUT2D eigenvalue weighted by atomic mass is 9.75. The molecule has 3 N–H and O–H groups in total. The lowest BCUT2D eigenvalue weighted by molar-refractivity contribution is -0.123. The molecule has 11 rings (SSSR count). The van der Waals surface area contributed by atoms with Crippen molar-refractivity contribution in [2.75, 3.05) is 4.90 Å². The van der Waals surface area contributed by atoms with Crippen LogP contribution in [0.5, 0.6) is 5.88 Å². The highest BCUT2D eigenvalue weighted by Gasteiger charge is 2.70. The van der Waals surface area contributed by atoms with Crippen LogP contribution in [0.2, 0.25) is 0 Å². The van der Waals surface area contributed by atoms with Gasteiger partial charge in [-0.15, -0.1) is 0 Å². The van der Waals surface area contributed by atoms with E-state index in [1.165, 1.54) is 4.90 Å². The number of nitrogens with one attached hydrogen (secondary N) is 2. The molecule has 11 nitrogen and oxygen atoms in total. The molecule has 2 aromatic heterocycles. The molecule has 2 unspecified atom stereocenters. The number of aromatic nitrogens is 3. The van der Waals surface area contributed by atoms with E-state index in [2.05, 4.69) is 45.1 Å². The molecule has 2 saturated heterocycles. The van der Waals surface area contributed by atoms with Crippen molar-refractivity contribution in [2.45, 2.75) is 25.4 Å². The fourth-order valence-electron chi connectivity index (χ4n) is 9.19. The zero-order chi connectivity index (χ0) is 39.3. The van der Waals surface area contributed by atoms with Gasteiger partial charge >= 0.3 is 0 Å². The van der Waals surface area contributed by atoms with E-state index in [1.54, 1.807) is 34.9 Å². The minimum atomic E-state index is -1.12. The molecule has 0 bridgehead atoms. The first-order valence-corrected chi connectivity index (χ1v) is 19.4. The quantitative estimate of drug-likeness (QED) is 0.158. The van der Waals surface area contributed by atoms with Crippen molar-refractivity contribution in [3.05, 3.63) is 159 Å². The number of hydrogen-bond donors (Lipinski definition) is 3. The predicted molar refractivity (Wildman–Crippen MR) is 220 cm³/mol. The first-order valence-electron chi connectivity index (χ1n) is 18.7. The molecule has 4 atom stereocenters. The smallest absolute Gasteiger partial charge is 0.266 e. The molecule has 0 aliphatic carbocycles. The van der Waals surface area contributed by atoms with Crippen LogP contribution in [-0.4, -0.2) is 49.0 Å². The maximum Gasteiger partial charge on any atom is 0.266 e. The van der Waals surface area contributed by atoms with Crippen LogP contribution in [0, 0.1) is 17.8 Å². The first-order chi connectivity index (χ1) is 27.6. The van der Waals surface area contributed by atoms with Crippen molar-refractivity contribution in [1.29, 1.82) is 0 Å². The predicted octanol–water partition coefficient (Wildman–Crippen LogP) is 7.33. The van der Waals surface area contributed by atoms with E-state index in [9.17, 15) is 24.3 Å². The van der Waals surface area contributed by atoms with Crippen molar-refractivity contribution in [3.63, 3.8) is 0 Å². The number of halogens is 1. The number of Topliss-reactive ketones (excluding diaryl/α,β-unsaturated/α-hetero) is 1. The first kappa shape index (κ1) is 35.0. The maximum atomic E-state index is 14.3. The molecule has 4 aliphatic rings. The van der Waals surface area contributed by atoms with Crippen LogP contribution >= 0.6 is 15.9 Å². The molecule has 2 fully saturated rings. The molecule has 0 saturated carbocycles. The Labute approximate surface area is 333 Å². The minimum absolute atomic E-state index is 0.0221. The van der Waals surface area contributed by atoms with Crippen LogP contribution in [0.4, 0.5) is 11.4 Å². The number of hydrogen-bond acceptors (Lipinski definition) is 8. The molecule has 2 amide bonds. The van der Waals surface area contributed by atoms with E-state index >= 15 is 0 Å². The number of ketones is 1. The molecule has 7 aromatic rings. The van der Waals surface area contributed by atoms with Crippen LogP contribution in [-0.2, 0) is 15.1 Å². The molecule has 6 heterocycles. The van der Waals surface area contributed by atoms with Gasteiger partial charge in [-0.1, -0.05) is 96.5 Å². The van der Waals surface area contributed by atoms with Gasteiger partial charge in [0, 0.05) is 32.5 Å². The van der Waals surface area contributed by atoms with Crippen LogP contribution in [0.3, 0.4) is 0 Å². The molecular weight excluding hydrogens is 784 g/mol. The van der Waals surface area contributed by atoms with Crippen molar-refractivity contribution in [2.24, 2.45) is 22.7 Å². The second-order valence-corrected chi connectivity index (χ2v) is 15.9. The van der Waals surface area contributed by atoms with Crippen LogP contribution in [0.15, 0.2) is 136 Å². The lowest BCUT2D eigenvalue weighted by Gasteiger charge is -2.32. The standard InChI is InChI=1S/C29H23BrN4O3.C16H10N2O2/c1-15(2)24-22-23(27(37)33(26(22)36)17-9-7-8-16(30)14-17)29(32-24)19-11-4-6-13-21(19)34-25(35)18-10-3-5-12-20(18)31-28(29)34;19-15-10-6-2-4-8-12(10)17-14(15)13-9-5-1-3-7-11(9)18-16(13)20/h3-15,22-24,32H,1-2H3;1-8,18,20H/t22-,23-,24?,29?;/m1./s1. The maximum absolute atomic E-state index is 14.3. The Morgan fingerprint density at radius 3 is 2.32 bits per heavy atom. The van der Waals surface area contributed by atoms with Crippen LogP contribution in [0.1, 0.15) is 41.2 Å². The van der Waals surface area contributed by atoms with Crippen molar-refractivity contribution >= 4 is 72.4 Å². The van der Waals surface area contributed by atoms with E-state index < -0.39 is 17.4 Å². The van der Waals surface area contributed by atoms with E-state index in [0.29, 0.717) is 50.6 Å². The number of anilines is 1. The Morgan fingerprint density at radius 1 is 0.807 bits per heavy atom. The fourth-order valence-corrected chi connectivity index (χ4v) is 9.58. The van der Waals surface area contributed by atoms with Gasteiger partial charge in [-0.25, -0.2) is 14.9 Å². The van der Waals surface area contributed by atoms with E-state index in [0.717, 1.165) is 20.9 Å². The van der Waals surface area contributed by atoms with E-state index in [-0.39, 0.29) is 41.0 Å². The molecule has 4 aliphatic heterocycles. The summed E-state index contributed by atoms with van der Waals surface area (Å²) >= 11 is 3.47. The number of nitrogens with zero attached hydrogens (tertiary/aromatic N) is 4. The van der Waals surface area contributed by atoms with Crippen molar-refractivity contribution in [1.82, 2.24) is 19.9 Å². The van der Waals surface area contributed by atoms with Crippen molar-refractivity contribution < 1.29 is 19.5 Å². The summed E-state index contributed by atoms with van der Waals surface area (Å²) in [5, 5.41) is 15.1. The number of aliphatic imine (C=N–C) groups is 1. The second kappa shape index (κ2) is 12.8. The number of rotatable bonds is 3. The molecule has 12 heteroatoms. The molecule has 280 valence electrons. The summed E-state index contributed by atoms with van der Waals surface area (Å²) in [4.78, 5) is 68.2. The number of carbonyl (C=O) groups excluding carboxylic acids is 3. The molecule has 57 heavy (non-hydrogen) atoms. The number of fused-ring (bicyclic) bond motifs is 10. The van der Waals surface area contributed by atoms with Gasteiger partial charge in [-0.05, 0) is 60.5 Å². The monoisotopic (exact) mass is 816 g/mol. The number of carbonyl (C=O) groups is 3. The van der Waals surface area contributed by atoms with Gasteiger partial charge in [0.05, 0.1) is 45.4 Å².